The van der Waals surface area contributed by atoms with Crippen LogP contribution in [0.3, 0.4) is 0 Å². The van der Waals surface area contributed by atoms with Crippen molar-refractivity contribution in [3.8, 4) is 5.95 Å². The first-order valence-electron chi connectivity index (χ1n) is 4.37. The molecule has 0 bridgehead atoms. The van der Waals surface area contributed by atoms with Gasteiger partial charge < -0.3 is 9.15 Å². The Kier molecular flexibility index (Phi) is 3.64. The van der Waals surface area contributed by atoms with Crippen LogP contribution in [0.15, 0.2) is 10.8 Å². The second-order valence-corrected chi connectivity index (χ2v) is 2.78. The normalized spacial score (nSPS) is 10.2. The third-order valence-corrected chi connectivity index (χ3v) is 1.68. The molecule has 0 amide bonds. The van der Waals surface area contributed by atoms with Crippen LogP contribution >= 0.6 is 0 Å². The lowest BCUT2D eigenvalue weighted by Crippen LogP contribution is -1.96. The number of rotatable bonds is 5. The highest BCUT2D eigenvalue weighted by molar-refractivity contribution is 5.10. The summed E-state index contributed by atoms with van der Waals surface area (Å²) in [6, 6.07) is 0. The van der Waals surface area contributed by atoms with Crippen LogP contribution in [-0.4, -0.2) is 11.6 Å². The molecule has 1 heterocycles. The summed E-state index contributed by atoms with van der Waals surface area (Å²) in [5.74, 6) is 0.561. The van der Waals surface area contributed by atoms with Gasteiger partial charge in [-0.25, -0.2) is 4.98 Å². The summed E-state index contributed by atoms with van der Waals surface area (Å²) in [6.45, 7) is 4.77. The highest BCUT2D eigenvalue weighted by atomic mass is 16.6. The van der Waals surface area contributed by atoms with Crippen molar-refractivity contribution in [2.24, 2.45) is 0 Å². The van der Waals surface area contributed by atoms with Crippen LogP contribution in [0.2, 0.25) is 0 Å². The maximum Gasteiger partial charge on any atom is 0.308 e. The topological polar surface area (TPSA) is 35.3 Å². The van der Waals surface area contributed by atoms with E-state index in [0.29, 0.717) is 5.95 Å². The van der Waals surface area contributed by atoms with E-state index in [0.717, 1.165) is 18.7 Å². The fourth-order valence-electron chi connectivity index (χ4n) is 0.947. The Hall–Kier alpha value is -0.990. The minimum Gasteiger partial charge on any atom is -0.464 e. The molecule has 0 spiro atoms. The van der Waals surface area contributed by atoms with Gasteiger partial charge in [0.2, 0.25) is 0 Å². The van der Waals surface area contributed by atoms with Crippen LogP contribution in [0.25, 0.3) is 0 Å². The molecule has 0 aliphatic carbocycles. The van der Waals surface area contributed by atoms with Crippen LogP contribution in [0.1, 0.15) is 31.9 Å². The average Bonchev–Trinajstić information content (AvgIpc) is 2.46. The zero-order valence-electron chi connectivity index (χ0n) is 7.67. The molecule has 0 atom stereocenters. The molecule has 68 valence electrons. The molecular weight excluding hydrogens is 154 g/mol. The number of hydrogen-bond acceptors (Lipinski definition) is 3. The Bertz CT molecular complexity index is 220. The molecule has 3 heteroatoms. The maximum atomic E-state index is 5.35. The van der Waals surface area contributed by atoms with Crippen molar-refractivity contribution in [1.82, 2.24) is 4.98 Å². The van der Waals surface area contributed by atoms with E-state index in [1.54, 1.807) is 0 Å². The van der Waals surface area contributed by atoms with Crippen molar-refractivity contribution in [1.29, 1.82) is 0 Å². The minimum atomic E-state index is 0.561. The number of aromatic nitrogens is 1. The Morgan fingerprint density at radius 3 is 2.92 bits per heavy atom. The third kappa shape index (κ3) is 2.57. The molecule has 0 fully saturated rings. The summed E-state index contributed by atoms with van der Waals surface area (Å²) in [7, 11) is 0. The summed E-state index contributed by atoms with van der Waals surface area (Å²) < 4.78 is 10.4. The van der Waals surface area contributed by atoms with Gasteiger partial charge >= 0.3 is 5.95 Å². The van der Waals surface area contributed by atoms with Crippen molar-refractivity contribution in [3.63, 3.8) is 0 Å². The number of ether oxygens (including phenoxy) is 1. The quantitative estimate of drug-likeness (QED) is 0.635. The molecule has 0 unspecified atom stereocenters. The van der Waals surface area contributed by atoms with Gasteiger partial charge in [0.15, 0.2) is 6.39 Å². The van der Waals surface area contributed by atoms with Gasteiger partial charge in [-0.3, -0.25) is 0 Å². The van der Waals surface area contributed by atoms with Gasteiger partial charge in [-0.15, -0.1) is 0 Å². The van der Waals surface area contributed by atoms with Gasteiger partial charge in [0.25, 0.3) is 0 Å². The van der Waals surface area contributed by atoms with Crippen LogP contribution in [0, 0.1) is 6.92 Å². The Labute approximate surface area is 72.7 Å². The van der Waals surface area contributed by atoms with Gasteiger partial charge in [-0.1, -0.05) is 19.8 Å². The van der Waals surface area contributed by atoms with E-state index in [2.05, 4.69) is 11.9 Å². The SMILES string of the molecule is CCCCCOc1ocnc1C. The zero-order chi connectivity index (χ0) is 8.81. The molecule has 0 aromatic carbocycles. The monoisotopic (exact) mass is 169 g/mol. The molecule has 0 aliphatic heterocycles. The van der Waals surface area contributed by atoms with Crippen molar-refractivity contribution in [2.75, 3.05) is 6.61 Å². The predicted octanol–water partition coefficient (Wildman–Crippen LogP) is 2.55. The fourth-order valence-corrected chi connectivity index (χ4v) is 0.947. The van der Waals surface area contributed by atoms with E-state index in [9.17, 15) is 0 Å². The largest absolute Gasteiger partial charge is 0.464 e. The molecular formula is C9H15NO2. The molecule has 12 heavy (non-hydrogen) atoms. The summed E-state index contributed by atoms with van der Waals surface area (Å²) in [6.07, 6.45) is 4.90. The van der Waals surface area contributed by atoms with E-state index < -0.39 is 0 Å². The zero-order valence-corrected chi connectivity index (χ0v) is 7.67. The lowest BCUT2D eigenvalue weighted by molar-refractivity contribution is 0.235. The molecule has 0 radical (unpaired) electrons. The van der Waals surface area contributed by atoms with Crippen LogP contribution in [0.4, 0.5) is 0 Å². The first-order chi connectivity index (χ1) is 5.84. The lowest BCUT2D eigenvalue weighted by atomic mass is 10.3. The smallest absolute Gasteiger partial charge is 0.308 e. The summed E-state index contributed by atoms with van der Waals surface area (Å²) >= 11 is 0. The highest BCUT2D eigenvalue weighted by Gasteiger charge is 2.02. The highest BCUT2D eigenvalue weighted by Crippen LogP contribution is 2.14. The van der Waals surface area contributed by atoms with Crippen molar-refractivity contribution in [2.45, 2.75) is 33.1 Å². The fraction of sp³-hybridized carbons (Fsp3) is 0.667. The van der Waals surface area contributed by atoms with E-state index in [1.807, 2.05) is 6.92 Å². The van der Waals surface area contributed by atoms with E-state index in [4.69, 9.17) is 9.15 Å². The summed E-state index contributed by atoms with van der Waals surface area (Å²) in [4.78, 5) is 3.92. The summed E-state index contributed by atoms with van der Waals surface area (Å²) in [5.41, 5.74) is 0.825. The van der Waals surface area contributed by atoms with Gasteiger partial charge in [-0.2, -0.15) is 0 Å². The third-order valence-electron chi connectivity index (χ3n) is 1.68. The number of hydrogen-bond donors (Lipinski definition) is 0. The molecule has 0 N–H and O–H groups in total. The number of nitrogens with zero attached hydrogens (tertiary/aromatic N) is 1. The van der Waals surface area contributed by atoms with Gasteiger partial charge in [0, 0.05) is 0 Å². The van der Waals surface area contributed by atoms with Crippen LogP contribution in [-0.2, 0) is 0 Å². The van der Waals surface area contributed by atoms with Crippen LogP contribution in [0.5, 0.6) is 5.95 Å². The standard InChI is InChI=1S/C9H15NO2/c1-3-4-5-6-11-9-8(2)10-7-12-9/h7H,3-6H2,1-2H3. The van der Waals surface area contributed by atoms with Crippen molar-refractivity contribution < 1.29 is 9.15 Å². The Morgan fingerprint density at radius 1 is 1.50 bits per heavy atom. The molecule has 1 aromatic heterocycles. The van der Waals surface area contributed by atoms with Crippen molar-refractivity contribution >= 4 is 0 Å². The number of aryl methyl sites for hydroxylation is 1. The van der Waals surface area contributed by atoms with Gasteiger partial charge in [0.1, 0.15) is 5.69 Å². The second-order valence-electron chi connectivity index (χ2n) is 2.78. The summed E-state index contributed by atoms with van der Waals surface area (Å²) in [5, 5.41) is 0. The predicted molar refractivity (Wildman–Crippen MR) is 46.3 cm³/mol. The van der Waals surface area contributed by atoms with Gasteiger partial charge in [0.05, 0.1) is 6.61 Å². The molecule has 1 rings (SSSR count). The van der Waals surface area contributed by atoms with E-state index in [-0.39, 0.29) is 0 Å². The Morgan fingerprint density at radius 2 is 2.33 bits per heavy atom. The molecule has 3 nitrogen and oxygen atoms in total. The van der Waals surface area contributed by atoms with Crippen LogP contribution < -0.4 is 4.74 Å². The molecule has 0 saturated heterocycles. The molecule has 1 aromatic rings. The second kappa shape index (κ2) is 4.80. The van der Waals surface area contributed by atoms with Gasteiger partial charge in [-0.05, 0) is 13.3 Å². The minimum absolute atomic E-state index is 0.561. The maximum absolute atomic E-state index is 5.35. The molecule has 0 aliphatic rings. The van der Waals surface area contributed by atoms with E-state index >= 15 is 0 Å². The van der Waals surface area contributed by atoms with E-state index in [1.165, 1.54) is 19.2 Å². The molecule has 0 saturated carbocycles. The average molecular weight is 169 g/mol. The Balaban J connectivity index is 2.20. The first-order valence-corrected chi connectivity index (χ1v) is 4.37. The number of unbranched alkanes of at least 4 members (excludes halogenated alkanes) is 2. The first kappa shape index (κ1) is 9.10. The van der Waals surface area contributed by atoms with Crippen molar-refractivity contribution in [3.05, 3.63) is 12.1 Å². The number of oxazole rings is 1. The lowest BCUT2D eigenvalue weighted by Gasteiger charge is -2.00.